The van der Waals surface area contributed by atoms with Crippen LogP contribution in [0.4, 0.5) is 5.69 Å². The lowest BCUT2D eigenvalue weighted by atomic mass is 10.0. The van der Waals surface area contributed by atoms with Crippen LogP contribution in [0.3, 0.4) is 0 Å². The molecule has 0 spiro atoms. The zero-order valence-electron chi connectivity index (χ0n) is 19.7. The van der Waals surface area contributed by atoms with E-state index in [4.69, 9.17) is 4.99 Å². The molecule has 1 aliphatic carbocycles. The van der Waals surface area contributed by atoms with Crippen molar-refractivity contribution >= 4 is 39.4 Å². The van der Waals surface area contributed by atoms with E-state index in [1.807, 2.05) is 63.1 Å². The molecule has 0 bridgehead atoms. The Morgan fingerprint density at radius 2 is 1.63 bits per heavy atom. The fraction of sp³-hybridized carbons (Fsp3) is 0.133. The normalized spacial score (nSPS) is 19.7. The van der Waals surface area contributed by atoms with Gasteiger partial charge in [-0.05, 0) is 42.5 Å². The third-order valence-corrected chi connectivity index (χ3v) is 6.56. The Labute approximate surface area is 204 Å². The van der Waals surface area contributed by atoms with Crippen LogP contribution in [0, 0.1) is 0 Å². The third-order valence-electron chi connectivity index (χ3n) is 6.56. The van der Waals surface area contributed by atoms with Crippen LogP contribution in [0.1, 0.15) is 25.5 Å². The number of para-hydroxylation sites is 1. The predicted molar refractivity (Wildman–Crippen MR) is 144 cm³/mol. The summed E-state index contributed by atoms with van der Waals surface area (Å²) < 4.78 is 2.27. The largest absolute Gasteiger partial charge is 0.332 e. The number of fused-ring (bicyclic) bond motifs is 6. The zero-order valence-corrected chi connectivity index (χ0v) is 19.7. The van der Waals surface area contributed by atoms with Crippen molar-refractivity contribution in [2.24, 2.45) is 4.99 Å². The summed E-state index contributed by atoms with van der Waals surface area (Å²) in [7, 11) is 0. The van der Waals surface area contributed by atoms with Gasteiger partial charge in [-0.2, -0.15) is 0 Å². The molecular formula is C30H25N5. The van der Waals surface area contributed by atoms with Crippen molar-refractivity contribution in [2.45, 2.75) is 25.9 Å². The van der Waals surface area contributed by atoms with E-state index >= 15 is 0 Å². The standard InChI is InChI=1S/C28H19N5.C2H6/c1-2-7-20(33-24-9-4-3-8-21(24)28-27(33)10-5-13-31-28)16-19(6-1)32-25-11-14-29-17-22(25)23-18-30-15-12-26(23)32;1-2/h2-18,27-28H;1-2H3. The smallest absolute Gasteiger partial charge is 0.101 e. The molecule has 3 aliphatic rings. The van der Waals surface area contributed by atoms with Crippen LogP contribution in [-0.2, 0) is 0 Å². The van der Waals surface area contributed by atoms with E-state index in [0.29, 0.717) is 0 Å². The number of allylic oxidation sites excluding steroid dienone is 5. The lowest BCUT2D eigenvalue weighted by molar-refractivity contribution is 0.657. The Kier molecular flexibility index (Phi) is 5.25. The number of aromatic nitrogens is 3. The first-order valence-electron chi connectivity index (χ1n) is 12.0. The minimum Gasteiger partial charge on any atom is -0.332 e. The minimum atomic E-state index is 0.106. The van der Waals surface area contributed by atoms with Gasteiger partial charge in [0.2, 0.25) is 0 Å². The lowest BCUT2D eigenvalue weighted by Gasteiger charge is -2.29. The van der Waals surface area contributed by atoms with Gasteiger partial charge in [-0.3, -0.25) is 15.0 Å². The first kappa shape index (κ1) is 21.1. The van der Waals surface area contributed by atoms with E-state index in [2.05, 4.69) is 79.8 Å². The highest BCUT2D eigenvalue weighted by atomic mass is 15.2. The first-order chi connectivity index (χ1) is 17.4. The Hall–Kier alpha value is -4.47. The first-order valence-corrected chi connectivity index (χ1v) is 12.0. The zero-order chi connectivity index (χ0) is 23.8. The molecule has 5 heteroatoms. The molecule has 170 valence electrons. The van der Waals surface area contributed by atoms with Gasteiger partial charge in [0.25, 0.3) is 0 Å². The molecule has 0 N–H and O–H groups in total. The van der Waals surface area contributed by atoms with E-state index in [-0.39, 0.29) is 12.1 Å². The van der Waals surface area contributed by atoms with Gasteiger partial charge >= 0.3 is 0 Å². The Morgan fingerprint density at radius 1 is 0.886 bits per heavy atom. The van der Waals surface area contributed by atoms with Gasteiger partial charge in [-0.25, -0.2) is 0 Å². The van der Waals surface area contributed by atoms with Crippen molar-refractivity contribution in [3.05, 3.63) is 115 Å². The quantitative estimate of drug-likeness (QED) is 0.319. The minimum absolute atomic E-state index is 0.106. The van der Waals surface area contributed by atoms with E-state index in [1.54, 1.807) is 0 Å². The van der Waals surface area contributed by atoms with Crippen molar-refractivity contribution in [1.29, 1.82) is 0 Å². The summed E-state index contributed by atoms with van der Waals surface area (Å²) in [5.74, 6) is 0. The fourth-order valence-corrected chi connectivity index (χ4v) is 5.19. The lowest BCUT2D eigenvalue weighted by Crippen LogP contribution is -2.32. The molecule has 5 heterocycles. The summed E-state index contributed by atoms with van der Waals surface area (Å²) in [6, 6.07) is 12.9. The van der Waals surface area contributed by atoms with Crippen molar-refractivity contribution in [2.75, 3.05) is 4.90 Å². The fourth-order valence-electron chi connectivity index (χ4n) is 5.19. The number of hydrogen-bond donors (Lipinski definition) is 0. The van der Waals surface area contributed by atoms with E-state index in [1.165, 1.54) is 11.3 Å². The van der Waals surface area contributed by atoms with Crippen LogP contribution in [0.2, 0.25) is 0 Å². The summed E-state index contributed by atoms with van der Waals surface area (Å²) >= 11 is 0. The monoisotopic (exact) mass is 455 g/mol. The predicted octanol–water partition coefficient (Wildman–Crippen LogP) is 6.63. The molecule has 5 nitrogen and oxygen atoms in total. The molecule has 2 unspecified atom stereocenters. The molecule has 35 heavy (non-hydrogen) atoms. The summed E-state index contributed by atoms with van der Waals surface area (Å²) in [4.78, 5) is 15.9. The van der Waals surface area contributed by atoms with E-state index in [0.717, 1.165) is 33.2 Å². The van der Waals surface area contributed by atoms with Crippen LogP contribution < -0.4 is 4.90 Å². The highest BCUT2D eigenvalue weighted by Crippen LogP contribution is 2.46. The summed E-state index contributed by atoms with van der Waals surface area (Å²) in [5, 5.41) is 2.18. The molecule has 2 aliphatic heterocycles. The number of benzene rings is 1. The Bertz CT molecular complexity index is 1570. The van der Waals surface area contributed by atoms with Gasteiger partial charge in [-0.15, -0.1) is 5.73 Å². The molecule has 0 amide bonds. The highest BCUT2D eigenvalue weighted by molar-refractivity contribution is 6.09. The summed E-state index contributed by atoms with van der Waals surface area (Å²) in [6.07, 6.45) is 22.1. The van der Waals surface area contributed by atoms with Crippen LogP contribution in [-0.4, -0.2) is 26.8 Å². The average molecular weight is 456 g/mol. The van der Waals surface area contributed by atoms with Crippen LogP contribution >= 0.6 is 0 Å². The number of nitrogens with zero attached hydrogens (tertiary/aromatic N) is 5. The molecule has 0 saturated heterocycles. The van der Waals surface area contributed by atoms with Gasteiger partial charge < -0.3 is 9.47 Å². The second-order valence-electron chi connectivity index (χ2n) is 8.31. The van der Waals surface area contributed by atoms with Gasteiger partial charge in [0.15, 0.2) is 0 Å². The summed E-state index contributed by atoms with van der Waals surface area (Å²) in [5.41, 5.74) is 10.1. The molecule has 1 aromatic carbocycles. The SMILES string of the molecule is C1=CC=C(N2c3ccccc3C3N=CC=CC32)C=C(n2c3ccncc3c3cnccc32)C=1.CC. The van der Waals surface area contributed by atoms with Crippen LogP contribution in [0.25, 0.3) is 27.5 Å². The molecule has 0 saturated carbocycles. The Balaban J connectivity index is 0.00000112. The highest BCUT2D eigenvalue weighted by Gasteiger charge is 2.38. The third kappa shape index (κ3) is 3.29. The topological polar surface area (TPSA) is 46.3 Å². The molecule has 0 radical (unpaired) electrons. The van der Waals surface area contributed by atoms with Gasteiger partial charge in [0.05, 0.1) is 22.8 Å². The van der Waals surface area contributed by atoms with Crippen molar-refractivity contribution in [1.82, 2.24) is 14.5 Å². The number of aliphatic imine (C=N–C) groups is 1. The maximum absolute atomic E-state index is 4.80. The van der Waals surface area contributed by atoms with Crippen LogP contribution in [0.5, 0.6) is 0 Å². The second-order valence-corrected chi connectivity index (χ2v) is 8.31. The second kappa shape index (κ2) is 8.71. The summed E-state index contributed by atoms with van der Waals surface area (Å²) in [6.45, 7) is 4.00. The molecular weight excluding hydrogens is 430 g/mol. The molecule has 0 fully saturated rings. The number of rotatable bonds is 2. The maximum Gasteiger partial charge on any atom is 0.101 e. The van der Waals surface area contributed by atoms with Crippen molar-refractivity contribution < 1.29 is 0 Å². The van der Waals surface area contributed by atoms with E-state index in [9.17, 15) is 0 Å². The van der Waals surface area contributed by atoms with Gasteiger partial charge in [0, 0.05) is 64.8 Å². The molecule has 3 aromatic heterocycles. The number of pyridine rings is 2. The van der Waals surface area contributed by atoms with Crippen LogP contribution in [0.15, 0.2) is 114 Å². The molecule has 7 rings (SSSR count). The average Bonchev–Trinajstić information content (AvgIpc) is 3.33. The van der Waals surface area contributed by atoms with Gasteiger partial charge in [0.1, 0.15) is 6.04 Å². The number of hydrogen-bond acceptors (Lipinski definition) is 4. The maximum atomic E-state index is 4.80. The Morgan fingerprint density at radius 3 is 2.40 bits per heavy atom. The van der Waals surface area contributed by atoms with Crippen molar-refractivity contribution in [3.8, 4) is 0 Å². The van der Waals surface area contributed by atoms with E-state index < -0.39 is 0 Å². The van der Waals surface area contributed by atoms with Gasteiger partial charge in [-0.1, -0.05) is 38.1 Å². The molecule has 4 aromatic rings. The number of dihydropyridines is 1. The number of anilines is 1. The molecule has 2 atom stereocenters. The van der Waals surface area contributed by atoms with Crippen molar-refractivity contribution in [3.63, 3.8) is 0 Å².